The number of aryl methyl sites for hydroxylation is 1. The molecule has 1 N–H and O–H groups in total. The zero-order chi connectivity index (χ0) is 20.0. The standard InChI is InChI=1S/C21H24BrN3O2/c1-14-11-18(16(3)25(14)9-10-27-4)12-19(13-23)21(26)24-15(2)17-5-7-20(22)8-6-17/h5-8,11-12,15H,9-10H2,1-4H3,(H,24,26). The minimum atomic E-state index is -0.380. The Bertz CT molecular complexity index is 876. The molecule has 0 bridgehead atoms. The van der Waals surface area contributed by atoms with Gasteiger partial charge in [0.05, 0.1) is 12.6 Å². The van der Waals surface area contributed by atoms with Crippen molar-refractivity contribution in [1.29, 1.82) is 5.26 Å². The second kappa shape index (κ2) is 9.54. The number of ether oxygens (including phenoxy) is 1. The van der Waals surface area contributed by atoms with E-state index in [-0.39, 0.29) is 17.5 Å². The minimum absolute atomic E-state index is 0.0888. The number of rotatable bonds is 7. The largest absolute Gasteiger partial charge is 0.383 e. The molecule has 1 amide bonds. The number of methoxy groups -OCH3 is 1. The number of nitrogens with zero attached hydrogens (tertiary/aromatic N) is 2. The highest BCUT2D eigenvalue weighted by Crippen LogP contribution is 2.20. The number of nitriles is 1. The number of carbonyl (C=O) groups excluding carboxylic acids is 1. The third kappa shape index (κ3) is 5.31. The molecule has 1 aromatic heterocycles. The molecule has 6 heteroatoms. The number of amides is 1. The van der Waals surface area contributed by atoms with Crippen molar-refractivity contribution >= 4 is 27.9 Å². The van der Waals surface area contributed by atoms with Crippen molar-refractivity contribution in [3.05, 3.63) is 62.9 Å². The normalized spacial score (nSPS) is 12.5. The van der Waals surface area contributed by atoms with Gasteiger partial charge in [0.15, 0.2) is 0 Å². The highest BCUT2D eigenvalue weighted by atomic mass is 79.9. The zero-order valence-electron chi connectivity index (χ0n) is 16.0. The van der Waals surface area contributed by atoms with E-state index in [2.05, 4.69) is 25.8 Å². The van der Waals surface area contributed by atoms with Crippen LogP contribution in [0.2, 0.25) is 0 Å². The summed E-state index contributed by atoms with van der Waals surface area (Å²) in [7, 11) is 1.67. The molecule has 1 atom stereocenters. The molecule has 27 heavy (non-hydrogen) atoms. The zero-order valence-corrected chi connectivity index (χ0v) is 17.6. The number of aromatic nitrogens is 1. The predicted octanol–water partition coefficient (Wildman–Crippen LogP) is 4.30. The Kier molecular flexibility index (Phi) is 7.40. The van der Waals surface area contributed by atoms with Crippen LogP contribution in [0.5, 0.6) is 0 Å². The van der Waals surface area contributed by atoms with Gasteiger partial charge in [-0.15, -0.1) is 0 Å². The Morgan fingerprint density at radius 2 is 2.04 bits per heavy atom. The molecule has 0 aliphatic rings. The smallest absolute Gasteiger partial charge is 0.262 e. The average Bonchev–Trinajstić information content (AvgIpc) is 2.91. The molecule has 1 unspecified atom stereocenters. The van der Waals surface area contributed by atoms with Crippen LogP contribution in [0.3, 0.4) is 0 Å². The molecule has 0 saturated carbocycles. The summed E-state index contributed by atoms with van der Waals surface area (Å²) in [5.74, 6) is -0.380. The summed E-state index contributed by atoms with van der Waals surface area (Å²) in [6.07, 6.45) is 1.65. The Labute approximate surface area is 168 Å². The SMILES string of the molecule is COCCn1c(C)cc(C=C(C#N)C(=O)NC(C)c2ccc(Br)cc2)c1C. The number of hydrogen-bond donors (Lipinski definition) is 1. The van der Waals surface area contributed by atoms with E-state index >= 15 is 0 Å². The average molecular weight is 430 g/mol. The molecule has 0 spiro atoms. The number of benzene rings is 1. The van der Waals surface area contributed by atoms with E-state index in [9.17, 15) is 10.1 Å². The van der Waals surface area contributed by atoms with Crippen LogP contribution in [0, 0.1) is 25.2 Å². The quantitative estimate of drug-likeness (QED) is 0.526. The number of hydrogen-bond acceptors (Lipinski definition) is 3. The monoisotopic (exact) mass is 429 g/mol. The predicted molar refractivity (Wildman–Crippen MR) is 110 cm³/mol. The summed E-state index contributed by atoms with van der Waals surface area (Å²) in [5.41, 5.74) is 4.00. The molecule has 5 nitrogen and oxygen atoms in total. The second-order valence-electron chi connectivity index (χ2n) is 6.39. The molecule has 2 rings (SSSR count). The van der Waals surface area contributed by atoms with Crippen LogP contribution in [0.25, 0.3) is 6.08 Å². The summed E-state index contributed by atoms with van der Waals surface area (Å²) in [4.78, 5) is 12.6. The second-order valence-corrected chi connectivity index (χ2v) is 7.30. The van der Waals surface area contributed by atoms with E-state index in [1.54, 1.807) is 13.2 Å². The molecule has 1 aromatic carbocycles. The van der Waals surface area contributed by atoms with E-state index in [1.807, 2.05) is 57.2 Å². The Morgan fingerprint density at radius 3 is 2.63 bits per heavy atom. The molecule has 0 fully saturated rings. The van der Waals surface area contributed by atoms with Crippen molar-refractivity contribution in [2.45, 2.75) is 33.4 Å². The van der Waals surface area contributed by atoms with Crippen LogP contribution in [0.1, 0.15) is 35.5 Å². The van der Waals surface area contributed by atoms with Crippen molar-refractivity contribution in [2.75, 3.05) is 13.7 Å². The number of nitrogens with one attached hydrogen (secondary N) is 1. The van der Waals surface area contributed by atoms with Crippen molar-refractivity contribution in [1.82, 2.24) is 9.88 Å². The van der Waals surface area contributed by atoms with Crippen LogP contribution in [0.4, 0.5) is 0 Å². The molecule has 0 saturated heterocycles. The first kappa shape index (κ1) is 20.9. The van der Waals surface area contributed by atoms with Gasteiger partial charge in [-0.2, -0.15) is 5.26 Å². The van der Waals surface area contributed by atoms with Crippen LogP contribution < -0.4 is 5.32 Å². The summed E-state index contributed by atoms with van der Waals surface area (Å²) in [6, 6.07) is 11.5. The lowest BCUT2D eigenvalue weighted by molar-refractivity contribution is -0.117. The van der Waals surface area contributed by atoms with E-state index in [0.29, 0.717) is 6.61 Å². The fourth-order valence-corrected chi connectivity index (χ4v) is 3.18. The van der Waals surface area contributed by atoms with Gasteiger partial charge >= 0.3 is 0 Å². The number of halogens is 1. The van der Waals surface area contributed by atoms with Crippen LogP contribution in [-0.2, 0) is 16.1 Å². The maximum absolute atomic E-state index is 12.6. The minimum Gasteiger partial charge on any atom is -0.383 e. The molecule has 1 heterocycles. The molecule has 0 aliphatic heterocycles. The van der Waals surface area contributed by atoms with E-state index in [4.69, 9.17) is 4.74 Å². The Morgan fingerprint density at radius 1 is 1.37 bits per heavy atom. The van der Waals surface area contributed by atoms with E-state index in [0.717, 1.165) is 33.5 Å². The van der Waals surface area contributed by atoms with Gasteiger partial charge in [0, 0.05) is 29.5 Å². The van der Waals surface area contributed by atoms with Gasteiger partial charge in [0.25, 0.3) is 5.91 Å². The first-order chi connectivity index (χ1) is 12.9. The van der Waals surface area contributed by atoms with Gasteiger partial charge in [0.1, 0.15) is 11.6 Å². The molecule has 2 aromatic rings. The maximum Gasteiger partial charge on any atom is 0.262 e. The molecule has 0 radical (unpaired) electrons. The maximum atomic E-state index is 12.6. The van der Waals surface area contributed by atoms with E-state index < -0.39 is 0 Å². The van der Waals surface area contributed by atoms with Gasteiger partial charge in [0.2, 0.25) is 0 Å². The Balaban J connectivity index is 2.19. The Hall–Kier alpha value is -2.36. The fraction of sp³-hybridized carbons (Fsp3) is 0.333. The summed E-state index contributed by atoms with van der Waals surface area (Å²) in [5, 5.41) is 12.4. The van der Waals surface area contributed by atoms with Crippen LogP contribution in [0.15, 0.2) is 40.4 Å². The fourth-order valence-electron chi connectivity index (χ4n) is 2.91. The lowest BCUT2D eigenvalue weighted by Gasteiger charge is -2.14. The topological polar surface area (TPSA) is 67.0 Å². The third-order valence-corrected chi connectivity index (χ3v) is 5.04. The van der Waals surface area contributed by atoms with Gasteiger partial charge in [-0.1, -0.05) is 28.1 Å². The van der Waals surface area contributed by atoms with Crippen molar-refractivity contribution < 1.29 is 9.53 Å². The van der Waals surface area contributed by atoms with Crippen molar-refractivity contribution in [3.63, 3.8) is 0 Å². The number of carbonyl (C=O) groups is 1. The van der Waals surface area contributed by atoms with Crippen molar-refractivity contribution in [3.8, 4) is 6.07 Å². The first-order valence-corrected chi connectivity index (χ1v) is 9.50. The van der Waals surface area contributed by atoms with Crippen molar-refractivity contribution in [2.24, 2.45) is 0 Å². The van der Waals surface area contributed by atoms with Gasteiger partial charge < -0.3 is 14.6 Å². The summed E-state index contributed by atoms with van der Waals surface area (Å²) in [6.45, 7) is 7.22. The summed E-state index contributed by atoms with van der Waals surface area (Å²) >= 11 is 3.40. The van der Waals surface area contributed by atoms with Gasteiger partial charge in [-0.3, -0.25) is 4.79 Å². The molecular weight excluding hydrogens is 406 g/mol. The lowest BCUT2D eigenvalue weighted by Crippen LogP contribution is -2.27. The van der Waals surface area contributed by atoms with Crippen LogP contribution in [-0.4, -0.2) is 24.2 Å². The third-order valence-electron chi connectivity index (χ3n) is 4.51. The van der Waals surface area contributed by atoms with E-state index in [1.165, 1.54) is 0 Å². The van der Waals surface area contributed by atoms with Gasteiger partial charge in [-0.05, 0) is 56.2 Å². The first-order valence-electron chi connectivity index (χ1n) is 8.71. The molecular formula is C21H24BrN3O2. The molecule has 0 aliphatic carbocycles. The van der Waals surface area contributed by atoms with Gasteiger partial charge in [-0.25, -0.2) is 0 Å². The van der Waals surface area contributed by atoms with Crippen LogP contribution >= 0.6 is 15.9 Å². The highest BCUT2D eigenvalue weighted by Gasteiger charge is 2.15. The highest BCUT2D eigenvalue weighted by molar-refractivity contribution is 9.10. The lowest BCUT2D eigenvalue weighted by atomic mass is 10.1. The molecule has 142 valence electrons. The summed E-state index contributed by atoms with van der Waals surface area (Å²) < 4.78 is 8.24.